The summed E-state index contributed by atoms with van der Waals surface area (Å²) in [4.78, 5) is 11.6. The van der Waals surface area contributed by atoms with Crippen molar-refractivity contribution in [3.8, 4) is 0 Å². The minimum absolute atomic E-state index is 0.0341. The number of hydrogen-bond donors (Lipinski definition) is 1. The van der Waals surface area contributed by atoms with E-state index in [4.69, 9.17) is 5.73 Å². The van der Waals surface area contributed by atoms with Crippen LogP contribution in [0.1, 0.15) is 46.0 Å². The fourth-order valence-corrected chi connectivity index (χ4v) is 2.07. The summed E-state index contributed by atoms with van der Waals surface area (Å²) in [5.41, 5.74) is 5.61. The highest BCUT2D eigenvalue weighted by Gasteiger charge is 2.24. The molecule has 1 fully saturated rings. The molecule has 2 N–H and O–H groups in total. The van der Waals surface area contributed by atoms with Gasteiger partial charge in [0.2, 0.25) is 0 Å². The van der Waals surface area contributed by atoms with Crippen molar-refractivity contribution in [1.82, 2.24) is 0 Å². The van der Waals surface area contributed by atoms with Crippen molar-refractivity contribution in [3.05, 3.63) is 0 Å². The van der Waals surface area contributed by atoms with Gasteiger partial charge in [-0.05, 0) is 25.7 Å². The highest BCUT2D eigenvalue weighted by atomic mass is 16.1. The van der Waals surface area contributed by atoms with E-state index in [-0.39, 0.29) is 6.04 Å². The first-order valence-corrected chi connectivity index (χ1v) is 5.38. The standard InChI is InChI=1S/C11H21NO/c1-8-3-5-10(6-4-8)11(13)7-9(2)12/h8-10H,3-7,12H2,1-2H3. The van der Waals surface area contributed by atoms with Crippen LogP contribution in [0.5, 0.6) is 0 Å². The number of carbonyl (C=O) groups is 1. The largest absolute Gasteiger partial charge is 0.328 e. The molecule has 0 radical (unpaired) electrons. The lowest BCUT2D eigenvalue weighted by Crippen LogP contribution is -2.27. The molecule has 0 aromatic heterocycles. The normalized spacial score (nSPS) is 31.3. The fraction of sp³-hybridized carbons (Fsp3) is 0.909. The van der Waals surface area contributed by atoms with Gasteiger partial charge in [0.15, 0.2) is 0 Å². The van der Waals surface area contributed by atoms with Crippen LogP contribution in [0.2, 0.25) is 0 Å². The van der Waals surface area contributed by atoms with E-state index in [1.54, 1.807) is 0 Å². The molecule has 0 saturated heterocycles. The first-order valence-electron chi connectivity index (χ1n) is 5.38. The maximum absolute atomic E-state index is 11.6. The van der Waals surface area contributed by atoms with Gasteiger partial charge in [0.05, 0.1) is 0 Å². The van der Waals surface area contributed by atoms with Gasteiger partial charge in [0.25, 0.3) is 0 Å². The lowest BCUT2D eigenvalue weighted by atomic mass is 9.80. The molecule has 1 aliphatic carbocycles. The Labute approximate surface area is 80.9 Å². The van der Waals surface area contributed by atoms with Gasteiger partial charge in [-0.1, -0.05) is 19.8 Å². The van der Waals surface area contributed by atoms with E-state index >= 15 is 0 Å². The molecule has 13 heavy (non-hydrogen) atoms. The Morgan fingerprint density at radius 1 is 1.38 bits per heavy atom. The molecule has 0 aliphatic heterocycles. The Hall–Kier alpha value is -0.370. The second-order valence-corrected chi connectivity index (χ2v) is 4.60. The maximum Gasteiger partial charge on any atom is 0.137 e. The van der Waals surface area contributed by atoms with Crippen LogP contribution in [0.25, 0.3) is 0 Å². The molecule has 2 nitrogen and oxygen atoms in total. The van der Waals surface area contributed by atoms with Gasteiger partial charge in [-0.3, -0.25) is 4.79 Å². The number of rotatable bonds is 3. The van der Waals surface area contributed by atoms with Crippen molar-refractivity contribution in [2.75, 3.05) is 0 Å². The van der Waals surface area contributed by atoms with Crippen molar-refractivity contribution in [1.29, 1.82) is 0 Å². The minimum atomic E-state index is 0.0341. The smallest absolute Gasteiger partial charge is 0.137 e. The summed E-state index contributed by atoms with van der Waals surface area (Å²) in [7, 11) is 0. The average Bonchev–Trinajstić information content (AvgIpc) is 2.04. The van der Waals surface area contributed by atoms with Gasteiger partial charge in [0, 0.05) is 18.4 Å². The maximum atomic E-state index is 11.6. The molecule has 1 unspecified atom stereocenters. The topological polar surface area (TPSA) is 43.1 Å². The van der Waals surface area contributed by atoms with E-state index in [2.05, 4.69) is 6.92 Å². The number of Topliss-reactive ketones (excluding diaryl/α,β-unsaturated/α-hetero) is 1. The quantitative estimate of drug-likeness (QED) is 0.728. The summed E-state index contributed by atoms with van der Waals surface area (Å²) in [6, 6.07) is 0.0341. The van der Waals surface area contributed by atoms with Crippen LogP contribution in [0.3, 0.4) is 0 Å². The monoisotopic (exact) mass is 183 g/mol. The summed E-state index contributed by atoms with van der Waals surface area (Å²) in [5, 5.41) is 0. The average molecular weight is 183 g/mol. The molecule has 1 atom stereocenters. The van der Waals surface area contributed by atoms with E-state index < -0.39 is 0 Å². The van der Waals surface area contributed by atoms with Crippen LogP contribution >= 0.6 is 0 Å². The first-order chi connectivity index (χ1) is 6.09. The Balaban J connectivity index is 2.31. The summed E-state index contributed by atoms with van der Waals surface area (Å²) >= 11 is 0. The molecule has 0 aromatic carbocycles. The highest BCUT2D eigenvalue weighted by Crippen LogP contribution is 2.29. The number of nitrogens with two attached hydrogens (primary N) is 1. The Bertz CT molecular complexity index is 169. The van der Waals surface area contributed by atoms with Gasteiger partial charge < -0.3 is 5.73 Å². The molecule has 0 amide bonds. The predicted molar refractivity (Wildman–Crippen MR) is 54.4 cm³/mol. The molecule has 76 valence electrons. The van der Waals surface area contributed by atoms with Crippen molar-refractivity contribution in [2.24, 2.45) is 17.6 Å². The van der Waals surface area contributed by atoms with E-state index in [1.165, 1.54) is 12.8 Å². The minimum Gasteiger partial charge on any atom is -0.328 e. The van der Waals surface area contributed by atoms with Crippen LogP contribution in [0.15, 0.2) is 0 Å². The van der Waals surface area contributed by atoms with Crippen LogP contribution in [0.4, 0.5) is 0 Å². The zero-order valence-electron chi connectivity index (χ0n) is 8.75. The Kier molecular flexibility index (Phi) is 3.91. The molecular formula is C11H21NO. The lowest BCUT2D eigenvalue weighted by molar-refractivity contribution is -0.124. The molecule has 1 saturated carbocycles. The van der Waals surface area contributed by atoms with Gasteiger partial charge in [-0.2, -0.15) is 0 Å². The van der Waals surface area contributed by atoms with Gasteiger partial charge in [-0.15, -0.1) is 0 Å². The van der Waals surface area contributed by atoms with Crippen LogP contribution in [0, 0.1) is 11.8 Å². The van der Waals surface area contributed by atoms with Crippen LogP contribution in [-0.4, -0.2) is 11.8 Å². The van der Waals surface area contributed by atoms with Crippen LogP contribution < -0.4 is 5.73 Å². The first kappa shape index (κ1) is 10.7. The summed E-state index contributed by atoms with van der Waals surface area (Å²) in [5.74, 6) is 1.53. The third kappa shape index (κ3) is 3.47. The SMILES string of the molecule is CC(N)CC(=O)C1CCC(C)CC1. The molecule has 1 rings (SSSR count). The molecule has 2 heteroatoms. The number of carbonyl (C=O) groups excluding carboxylic acids is 1. The van der Waals surface area contributed by atoms with Crippen LogP contribution in [-0.2, 0) is 4.79 Å². The third-order valence-electron chi connectivity index (χ3n) is 2.99. The summed E-state index contributed by atoms with van der Waals surface area (Å²) in [6.07, 6.45) is 5.18. The van der Waals surface area contributed by atoms with E-state index in [1.807, 2.05) is 6.92 Å². The van der Waals surface area contributed by atoms with Gasteiger partial charge in [0.1, 0.15) is 5.78 Å². The van der Waals surface area contributed by atoms with Crippen molar-refractivity contribution in [2.45, 2.75) is 52.0 Å². The van der Waals surface area contributed by atoms with Crippen molar-refractivity contribution in [3.63, 3.8) is 0 Å². The fourth-order valence-electron chi connectivity index (χ4n) is 2.07. The summed E-state index contributed by atoms with van der Waals surface area (Å²) in [6.45, 7) is 4.18. The number of ketones is 1. The molecule has 0 bridgehead atoms. The molecule has 0 heterocycles. The molecule has 1 aliphatic rings. The molecular weight excluding hydrogens is 162 g/mol. The molecule has 0 aromatic rings. The Morgan fingerprint density at radius 3 is 2.38 bits per heavy atom. The lowest BCUT2D eigenvalue weighted by Gasteiger charge is -2.25. The van der Waals surface area contributed by atoms with Crippen molar-refractivity contribution >= 4 is 5.78 Å². The second kappa shape index (κ2) is 4.75. The van der Waals surface area contributed by atoms with E-state index in [0.717, 1.165) is 18.8 Å². The van der Waals surface area contributed by atoms with E-state index in [9.17, 15) is 4.79 Å². The predicted octanol–water partition coefficient (Wildman–Crippen LogP) is 2.12. The number of hydrogen-bond acceptors (Lipinski definition) is 2. The third-order valence-corrected chi connectivity index (χ3v) is 2.99. The second-order valence-electron chi connectivity index (χ2n) is 4.60. The highest BCUT2D eigenvalue weighted by molar-refractivity contribution is 5.81. The van der Waals surface area contributed by atoms with Gasteiger partial charge >= 0.3 is 0 Å². The van der Waals surface area contributed by atoms with E-state index in [0.29, 0.717) is 18.1 Å². The Morgan fingerprint density at radius 2 is 1.92 bits per heavy atom. The van der Waals surface area contributed by atoms with Gasteiger partial charge in [-0.25, -0.2) is 0 Å². The zero-order valence-corrected chi connectivity index (χ0v) is 8.75. The molecule has 0 spiro atoms. The summed E-state index contributed by atoms with van der Waals surface area (Å²) < 4.78 is 0. The zero-order chi connectivity index (χ0) is 9.84. The van der Waals surface area contributed by atoms with Crippen molar-refractivity contribution < 1.29 is 4.79 Å².